The van der Waals surface area contributed by atoms with Gasteiger partial charge in [0.25, 0.3) is 0 Å². The quantitative estimate of drug-likeness (QED) is 0.859. The first-order valence-corrected chi connectivity index (χ1v) is 6.94. The maximum atomic E-state index is 12.4. The summed E-state index contributed by atoms with van der Waals surface area (Å²) in [7, 11) is 1.57. The lowest BCUT2D eigenvalue weighted by molar-refractivity contribution is -0.126. The summed E-state index contributed by atoms with van der Waals surface area (Å²) in [5, 5.41) is 2.81. The molecule has 0 atom stereocenters. The van der Waals surface area contributed by atoms with Gasteiger partial charge in [-0.2, -0.15) is 0 Å². The molecule has 6 heteroatoms. The highest BCUT2D eigenvalue weighted by Gasteiger charge is 2.51. The van der Waals surface area contributed by atoms with E-state index < -0.39 is 5.41 Å². The standard InChI is InChI=1S/C13H13BrN2O3/c1-19-10-8(14)6-15-11-9(10)13(12(18)16-11)4-2-7(17)3-5-13/h6H,2-5H2,1H3,(H,15,16,18). The van der Waals surface area contributed by atoms with E-state index in [-0.39, 0.29) is 11.7 Å². The number of ketones is 1. The topological polar surface area (TPSA) is 68.3 Å². The van der Waals surface area contributed by atoms with Crippen LogP contribution in [0.2, 0.25) is 0 Å². The Bertz CT molecular complexity index is 575. The Morgan fingerprint density at radius 1 is 1.37 bits per heavy atom. The zero-order valence-electron chi connectivity index (χ0n) is 10.5. The van der Waals surface area contributed by atoms with Gasteiger partial charge in [-0.3, -0.25) is 9.59 Å². The summed E-state index contributed by atoms with van der Waals surface area (Å²) in [6.45, 7) is 0. The van der Waals surface area contributed by atoms with Crippen molar-refractivity contribution in [2.45, 2.75) is 31.1 Å². The predicted octanol–water partition coefficient (Wildman–Crippen LogP) is 2.19. The van der Waals surface area contributed by atoms with Gasteiger partial charge in [-0.1, -0.05) is 0 Å². The largest absolute Gasteiger partial charge is 0.495 e. The lowest BCUT2D eigenvalue weighted by Crippen LogP contribution is -2.38. The van der Waals surface area contributed by atoms with Crippen molar-refractivity contribution in [3.8, 4) is 5.75 Å². The van der Waals surface area contributed by atoms with E-state index in [0.29, 0.717) is 37.3 Å². The molecule has 100 valence electrons. The second-order valence-electron chi connectivity index (χ2n) is 4.94. The number of carbonyl (C=O) groups excluding carboxylic acids is 2. The van der Waals surface area contributed by atoms with Crippen LogP contribution in [0.25, 0.3) is 0 Å². The molecular weight excluding hydrogens is 312 g/mol. The van der Waals surface area contributed by atoms with E-state index in [0.717, 1.165) is 10.0 Å². The van der Waals surface area contributed by atoms with Crippen LogP contribution in [0.15, 0.2) is 10.7 Å². The van der Waals surface area contributed by atoms with Gasteiger partial charge < -0.3 is 10.1 Å². The van der Waals surface area contributed by atoms with Crippen molar-refractivity contribution in [3.05, 3.63) is 16.2 Å². The van der Waals surface area contributed by atoms with Crippen molar-refractivity contribution < 1.29 is 14.3 Å². The molecule has 1 N–H and O–H groups in total. The molecule has 0 aromatic carbocycles. The molecule has 0 unspecified atom stereocenters. The van der Waals surface area contributed by atoms with Gasteiger partial charge >= 0.3 is 0 Å². The average Bonchev–Trinajstić information content (AvgIpc) is 2.67. The van der Waals surface area contributed by atoms with Gasteiger partial charge in [0.1, 0.15) is 17.4 Å². The molecule has 1 aromatic rings. The van der Waals surface area contributed by atoms with Crippen LogP contribution in [-0.4, -0.2) is 23.8 Å². The third kappa shape index (κ3) is 1.69. The van der Waals surface area contributed by atoms with E-state index in [1.54, 1.807) is 13.3 Å². The molecule has 5 nitrogen and oxygen atoms in total. The van der Waals surface area contributed by atoms with E-state index in [1.807, 2.05) is 0 Å². The number of ether oxygens (including phenoxy) is 1. The Kier molecular flexibility index (Phi) is 2.85. The lowest BCUT2D eigenvalue weighted by Gasteiger charge is -2.31. The smallest absolute Gasteiger partial charge is 0.236 e. The molecule has 2 heterocycles. The van der Waals surface area contributed by atoms with E-state index in [9.17, 15) is 9.59 Å². The monoisotopic (exact) mass is 324 g/mol. The minimum Gasteiger partial charge on any atom is -0.495 e. The molecule has 2 aliphatic rings. The number of anilines is 1. The lowest BCUT2D eigenvalue weighted by atomic mass is 9.70. The number of hydrogen-bond acceptors (Lipinski definition) is 4. The van der Waals surface area contributed by atoms with Gasteiger partial charge in [0, 0.05) is 19.0 Å². The molecule has 1 aromatic heterocycles. The Morgan fingerprint density at radius 3 is 2.68 bits per heavy atom. The number of rotatable bonds is 1. The number of nitrogens with one attached hydrogen (secondary N) is 1. The molecule has 1 aliphatic carbocycles. The van der Waals surface area contributed by atoms with Crippen molar-refractivity contribution >= 4 is 33.4 Å². The van der Waals surface area contributed by atoms with Gasteiger partial charge in [-0.05, 0) is 28.8 Å². The molecule has 1 amide bonds. The first-order chi connectivity index (χ1) is 9.08. The third-order valence-corrected chi connectivity index (χ3v) is 4.56. The second-order valence-corrected chi connectivity index (χ2v) is 5.79. The summed E-state index contributed by atoms with van der Waals surface area (Å²) in [6, 6.07) is 0. The number of aromatic nitrogens is 1. The van der Waals surface area contributed by atoms with Crippen LogP contribution in [0.1, 0.15) is 31.2 Å². The van der Waals surface area contributed by atoms with Crippen LogP contribution in [0, 0.1) is 0 Å². The first-order valence-electron chi connectivity index (χ1n) is 6.14. The highest BCUT2D eigenvalue weighted by molar-refractivity contribution is 9.10. The summed E-state index contributed by atoms with van der Waals surface area (Å²) >= 11 is 3.40. The zero-order valence-corrected chi connectivity index (χ0v) is 12.0. The molecule has 1 fully saturated rings. The van der Waals surface area contributed by atoms with Gasteiger partial charge in [-0.25, -0.2) is 4.98 Å². The predicted molar refractivity (Wildman–Crippen MR) is 72.3 cm³/mol. The second kappa shape index (κ2) is 4.30. The highest BCUT2D eigenvalue weighted by Crippen LogP contribution is 2.51. The van der Waals surface area contributed by atoms with E-state index in [2.05, 4.69) is 26.2 Å². The van der Waals surface area contributed by atoms with Crippen molar-refractivity contribution in [1.29, 1.82) is 0 Å². The number of methoxy groups -OCH3 is 1. The summed E-state index contributed by atoms with van der Waals surface area (Å²) in [6.07, 6.45) is 3.54. The van der Waals surface area contributed by atoms with Crippen LogP contribution in [0.5, 0.6) is 5.75 Å². The minimum atomic E-state index is -0.661. The highest BCUT2D eigenvalue weighted by atomic mass is 79.9. The molecule has 19 heavy (non-hydrogen) atoms. The summed E-state index contributed by atoms with van der Waals surface area (Å²) < 4.78 is 6.15. The van der Waals surface area contributed by atoms with Crippen LogP contribution in [0.4, 0.5) is 5.82 Å². The Hall–Kier alpha value is -1.43. The van der Waals surface area contributed by atoms with E-state index in [4.69, 9.17) is 4.74 Å². The Labute approximate surface area is 118 Å². The Balaban J connectivity index is 2.17. The van der Waals surface area contributed by atoms with E-state index >= 15 is 0 Å². The van der Waals surface area contributed by atoms with Gasteiger partial charge in [-0.15, -0.1) is 0 Å². The molecule has 1 aliphatic heterocycles. The van der Waals surface area contributed by atoms with Gasteiger partial charge in [0.05, 0.1) is 22.6 Å². The van der Waals surface area contributed by atoms with Gasteiger partial charge in [0.2, 0.25) is 5.91 Å². The van der Waals surface area contributed by atoms with Crippen LogP contribution >= 0.6 is 15.9 Å². The van der Waals surface area contributed by atoms with Crippen molar-refractivity contribution in [1.82, 2.24) is 4.98 Å². The fraction of sp³-hybridized carbons (Fsp3) is 0.462. The fourth-order valence-electron chi connectivity index (χ4n) is 2.98. The van der Waals surface area contributed by atoms with Crippen molar-refractivity contribution in [3.63, 3.8) is 0 Å². The average molecular weight is 325 g/mol. The summed E-state index contributed by atoms with van der Waals surface area (Å²) in [5.74, 6) is 1.34. The number of amides is 1. The summed E-state index contributed by atoms with van der Waals surface area (Å²) in [4.78, 5) is 28.1. The fourth-order valence-corrected chi connectivity index (χ4v) is 3.45. The summed E-state index contributed by atoms with van der Waals surface area (Å²) in [5.41, 5.74) is 0.132. The minimum absolute atomic E-state index is 0.0705. The molecule has 1 spiro atoms. The normalized spacial score (nSPS) is 20.3. The Morgan fingerprint density at radius 2 is 2.05 bits per heavy atom. The molecule has 3 rings (SSSR count). The number of hydrogen-bond donors (Lipinski definition) is 1. The SMILES string of the molecule is COc1c(Br)cnc2c1C1(CCC(=O)CC1)C(=O)N2. The zero-order chi connectivity index (χ0) is 13.6. The van der Waals surface area contributed by atoms with Crippen molar-refractivity contribution in [2.24, 2.45) is 0 Å². The molecule has 0 saturated heterocycles. The number of pyridine rings is 1. The number of fused-ring (bicyclic) bond motifs is 2. The number of Topliss-reactive ketones (excluding diaryl/α,β-unsaturated/α-hetero) is 1. The molecule has 0 radical (unpaired) electrons. The first kappa shape index (κ1) is 12.6. The number of nitrogens with zero attached hydrogens (tertiary/aromatic N) is 1. The number of halogens is 1. The van der Waals surface area contributed by atoms with Gasteiger partial charge in [0.15, 0.2) is 0 Å². The number of carbonyl (C=O) groups is 2. The molecule has 0 bridgehead atoms. The van der Waals surface area contributed by atoms with Crippen LogP contribution < -0.4 is 10.1 Å². The third-order valence-electron chi connectivity index (χ3n) is 4.00. The molecular formula is C13H13BrN2O3. The van der Waals surface area contributed by atoms with Crippen molar-refractivity contribution in [2.75, 3.05) is 12.4 Å². The van der Waals surface area contributed by atoms with E-state index in [1.165, 1.54) is 0 Å². The maximum Gasteiger partial charge on any atom is 0.236 e. The van der Waals surface area contributed by atoms with Crippen LogP contribution in [-0.2, 0) is 15.0 Å². The maximum absolute atomic E-state index is 12.4. The van der Waals surface area contributed by atoms with Crippen LogP contribution in [0.3, 0.4) is 0 Å². The molecule has 1 saturated carbocycles.